The predicted octanol–water partition coefficient (Wildman–Crippen LogP) is 1.11. The summed E-state index contributed by atoms with van der Waals surface area (Å²) in [7, 11) is 0. The van der Waals surface area contributed by atoms with Crippen molar-refractivity contribution in [2.45, 2.75) is 0 Å². The van der Waals surface area contributed by atoms with Crippen LogP contribution in [-0.2, 0) is 0 Å². The van der Waals surface area contributed by atoms with E-state index in [9.17, 15) is 19.7 Å². The van der Waals surface area contributed by atoms with E-state index in [2.05, 4.69) is 20.7 Å². The number of H-pyrrole nitrogens is 1. The van der Waals surface area contributed by atoms with Gasteiger partial charge >= 0.3 is 0 Å². The molecule has 0 aliphatic heterocycles. The summed E-state index contributed by atoms with van der Waals surface area (Å²) in [4.78, 5) is 32.8. The molecule has 0 radical (unpaired) electrons. The number of nitrogens with zero attached hydrogens (tertiary/aromatic N) is 3. The highest BCUT2D eigenvalue weighted by atomic mass is 16.6. The van der Waals surface area contributed by atoms with Crippen molar-refractivity contribution in [2.24, 2.45) is 5.10 Å². The number of carbonyl (C=O) groups is 1. The number of para-hydroxylation sites is 1. The zero-order valence-electron chi connectivity index (χ0n) is 11.7. The van der Waals surface area contributed by atoms with Gasteiger partial charge in [0.2, 0.25) is 0 Å². The maximum Gasteiger partial charge on any atom is 0.291 e. The van der Waals surface area contributed by atoms with Crippen molar-refractivity contribution in [2.75, 3.05) is 0 Å². The number of amides is 1. The van der Waals surface area contributed by atoms with Gasteiger partial charge in [-0.05, 0) is 24.3 Å². The van der Waals surface area contributed by atoms with E-state index < -0.39 is 16.4 Å². The lowest BCUT2D eigenvalue weighted by Crippen LogP contribution is -2.21. The smallest absolute Gasteiger partial charge is 0.268 e. The molecule has 1 aromatic carbocycles. The zero-order valence-corrected chi connectivity index (χ0v) is 11.7. The van der Waals surface area contributed by atoms with Gasteiger partial charge in [0.05, 0.1) is 10.5 Å². The van der Waals surface area contributed by atoms with Gasteiger partial charge in [-0.1, -0.05) is 12.1 Å². The molecule has 2 N–H and O–H groups in total. The van der Waals surface area contributed by atoms with E-state index in [0.717, 1.165) is 0 Å². The third kappa shape index (κ3) is 4.43. The normalized spacial score (nSPS) is 11.0. The molecule has 0 atom stereocenters. The Morgan fingerprint density at radius 1 is 1.30 bits per heavy atom. The molecule has 116 valence electrons. The summed E-state index contributed by atoms with van der Waals surface area (Å²) >= 11 is 0. The van der Waals surface area contributed by atoms with Crippen molar-refractivity contribution in [3.8, 4) is 0 Å². The fourth-order valence-electron chi connectivity index (χ4n) is 1.61. The van der Waals surface area contributed by atoms with E-state index in [0.29, 0.717) is 5.56 Å². The summed E-state index contributed by atoms with van der Waals surface area (Å²) in [5.41, 5.74) is 2.17. The molecule has 0 spiro atoms. The molecule has 0 fully saturated rings. The second-order valence-electron chi connectivity index (χ2n) is 4.20. The van der Waals surface area contributed by atoms with Crippen LogP contribution in [0.5, 0.6) is 0 Å². The van der Waals surface area contributed by atoms with Crippen molar-refractivity contribution in [3.63, 3.8) is 0 Å². The Bertz CT molecular complexity index is 821. The van der Waals surface area contributed by atoms with Gasteiger partial charge in [0.15, 0.2) is 5.69 Å². The van der Waals surface area contributed by atoms with Crippen molar-refractivity contribution in [1.82, 2.24) is 15.6 Å². The summed E-state index contributed by atoms with van der Waals surface area (Å²) in [5.74, 6) is -0.600. The lowest BCUT2D eigenvalue weighted by Gasteiger charge is -1.96. The highest BCUT2D eigenvalue weighted by molar-refractivity contribution is 5.92. The third-order valence-corrected chi connectivity index (χ3v) is 2.65. The molecule has 2 rings (SSSR count). The number of hydrazone groups is 1. The molecule has 2 aromatic rings. The quantitative estimate of drug-likeness (QED) is 0.485. The van der Waals surface area contributed by atoms with E-state index in [-0.39, 0.29) is 11.4 Å². The minimum absolute atomic E-state index is 0.00410. The molecule has 23 heavy (non-hydrogen) atoms. The highest BCUT2D eigenvalue weighted by Crippen LogP contribution is 2.18. The molecular weight excluding hydrogens is 302 g/mol. The van der Waals surface area contributed by atoms with Crippen molar-refractivity contribution in [1.29, 1.82) is 0 Å². The molecule has 9 nitrogen and oxygen atoms in total. The maximum atomic E-state index is 11.6. The largest absolute Gasteiger partial charge is 0.291 e. The molecule has 1 aromatic heterocycles. The first-order valence-corrected chi connectivity index (χ1v) is 6.37. The fraction of sp³-hybridized carbons (Fsp3) is 0. The number of nitro groups is 1. The minimum Gasteiger partial charge on any atom is -0.268 e. The van der Waals surface area contributed by atoms with E-state index in [4.69, 9.17) is 0 Å². The Kier molecular flexibility index (Phi) is 5.08. The number of benzene rings is 1. The van der Waals surface area contributed by atoms with Crippen LogP contribution in [0.25, 0.3) is 6.08 Å². The van der Waals surface area contributed by atoms with Crippen LogP contribution in [0, 0.1) is 10.1 Å². The number of aromatic nitrogens is 2. The summed E-state index contributed by atoms with van der Waals surface area (Å²) in [6, 6.07) is 8.65. The second-order valence-corrected chi connectivity index (χ2v) is 4.20. The van der Waals surface area contributed by atoms with E-state index in [1.807, 2.05) is 0 Å². The monoisotopic (exact) mass is 313 g/mol. The van der Waals surface area contributed by atoms with Gasteiger partial charge in [0.1, 0.15) is 0 Å². The van der Waals surface area contributed by atoms with Gasteiger partial charge in [-0.25, -0.2) is 10.5 Å². The van der Waals surface area contributed by atoms with Crippen LogP contribution in [-0.4, -0.2) is 27.2 Å². The number of carbonyl (C=O) groups excluding carboxylic acids is 1. The summed E-state index contributed by atoms with van der Waals surface area (Å²) in [6.45, 7) is 0. The number of aromatic amines is 1. The van der Waals surface area contributed by atoms with E-state index in [1.165, 1.54) is 36.6 Å². The summed E-state index contributed by atoms with van der Waals surface area (Å²) < 4.78 is 0. The third-order valence-electron chi connectivity index (χ3n) is 2.65. The first-order valence-electron chi connectivity index (χ1n) is 6.37. The molecular formula is C14H11N5O4. The lowest BCUT2D eigenvalue weighted by atomic mass is 10.2. The molecule has 0 aliphatic rings. The van der Waals surface area contributed by atoms with E-state index >= 15 is 0 Å². The van der Waals surface area contributed by atoms with Crippen molar-refractivity contribution >= 4 is 23.9 Å². The Balaban J connectivity index is 1.97. The fourth-order valence-corrected chi connectivity index (χ4v) is 1.61. The van der Waals surface area contributed by atoms with Crippen LogP contribution in [0.1, 0.15) is 16.1 Å². The van der Waals surface area contributed by atoms with Crippen LogP contribution in [0.15, 0.2) is 52.4 Å². The number of allylic oxidation sites excluding steroid dienone is 1. The first kappa shape index (κ1) is 15.8. The Hall–Kier alpha value is -3.62. The van der Waals surface area contributed by atoms with Gasteiger partial charge < -0.3 is 0 Å². The van der Waals surface area contributed by atoms with Gasteiger partial charge in [0, 0.05) is 18.3 Å². The first-order chi connectivity index (χ1) is 11.1. The van der Waals surface area contributed by atoms with Crippen LogP contribution in [0.4, 0.5) is 5.69 Å². The number of nitrogens with one attached hydrogen (secondary N) is 2. The molecule has 1 heterocycles. The lowest BCUT2D eigenvalue weighted by molar-refractivity contribution is -0.385. The van der Waals surface area contributed by atoms with Gasteiger partial charge in [-0.2, -0.15) is 10.2 Å². The zero-order chi connectivity index (χ0) is 16.7. The Labute approximate surface area is 129 Å². The molecule has 0 bridgehead atoms. The second kappa shape index (κ2) is 7.41. The van der Waals surface area contributed by atoms with Gasteiger partial charge in [0.25, 0.3) is 17.2 Å². The number of hydrogen-bond acceptors (Lipinski definition) is 6. The van der Waals surface area contributed by atoms with Crippen LogP contribution in [0.3, 0.4) is 0 Å². The van der Waals surface area contributed by atoms with Crippen LogP contribution < -0.4 is 11.0 Å². The SMILES string of the molecule is O=C(NN=CC=Cc1ccccc1[N+](=O)[O-])c1ccc(=O)[nH]n1. The molecule has 0 unspecified atom stereocenters. The molecule has 0 saturated heterocycles. The predicted molar refractivity (Wildman–Crippen MR) is 82.9 cm³/mol. The number of nitro benzene ring substituents is 1. The summed E-state index contributed by atoms with van der Waals surface area (Å²) in [6.07, 6.45) is 4.20. The topological polar surface area (TPSA) is 130 Å². The molecule has 1 amide bonds. The number of rotatable bonds is 5. The minimum atomic E-state index is -0.600. The maximum absolute atomic E-state index is 11.6. The molecule has 0 saturated carbocycles. The Morgan fingerprint density at radius 2 is 2.09 bits per heavy atom. The molecule has 9 heteroatoms. The van der Waals surface area contributed by atoms with Gasteiger partial charge in [-0.3, -0.25) is 19.7 Å². The van der Waals surface area contributed by atoms with Crippen LogP contribution >= 0.6 is 0 Å². The van der Waals surface area contributed by atoms with Crippen molar-refractivity contribution in [3.05, 3.63) is 74.2 Å². The standard InChI is InChI=1S/C14H11N5O4/c20-13-8-7-11(16-17-13)14(21)18-15-9-3-5-10-4-1-2-6-12(10)19(22)23/h1-9H,(H,17,20)(H,18,21). The Morgan fingerprint density at radius 3 is 2.78 bits per heavy atom. The van der Waals surface area contributed by atoms with Gasteiger partial charge in [-0.15, -0.1) is 0 Å². The average Bonchev–Trinajstić information content (AvgIpc) is 2.55. The van der Waals surface area contributed by atoms with Crippen LogP contribution in [0.2, 0.25) is 0 Å². The molecule has 0 aliphatic carbocycles. The average molecular weight is 313 g/mol. The highest BCUT2D eigenvalue weighted by Gasteiger charge is 2.08. The van der Waals surface area contributed by atoms with E-state index in [1.54, 1.807) is 18.2 Å². The summed E-state index contributed by atoms with van der Waals surface area (Å²) in [5, 5.41) is 20.1. The van der Waals surface area contributed by atoms with Crippen molar-refractivity contribution < 1.29 is 9.72 Å². The number of hydrogen-bond donors (Lipinski definition) is 2.